The maximum absolute atomic E-state index is 12.0. The third-order valence-electron chi connectivity index (χ3n) is 3.89. The van der Waals surface area contributed by atoms with E-state index in [4.69, 9.17) is 9.47 Å². The van der Waals surface area contributed by atoms with Crippen LogP contribution in [0.15, 0.2) is 53.6 Å². The van der Waals surface area contributed by atoms with E-state index in [1.807, 2.05) is 49.4 Å². The predicted octanol–water partition coefficient (Wildman–Crippen LogP) is 2.58. The van der Waals surface area contributed by atoms with E-state index in [9.17, 15) is 9.59 Å². The fourth-order valence-electron chi connectivity index (χ4n) is 2.33. The molecule has 2 N–H and O–H groups in total. The average molecular weight is 383 g/mol. The number of nitrogens with one attached hydrogen (secondary N) is 2. The normalized spacial score (nSPS) is 10.9. The summed E-state index contributed by atoms with van der Waals surface area (Å²) in [6, 6.07) is 14.9. The van der Waals surface area contributed by atoms with Crippen molar-refractivity contribution in [3.63, 3.8) is 0 Å². The Balaban J connectivity index is 1.71. The second kappa shape index (κ2) is 10.7. The van der Waals surface area contributed by atoms with Crippen molar-refractivity contribution in [2.45, 2.75) is 26.8 Å². The van der Waals surface area contributed by atoms with Crippen molar-refractivity contribution in [2.24, 2.45) is 5.10 Å². The standard InChI is InChI=1S/C21H25N3O4/c1-15-6-4-5-7-19(15)28-14-21(26)24-23-16(2)12-20(25)22-13-17-8-10-18(27-3)11-9-17/h4-11H,12-14H2,1-3H3,(H,22,25)(H,24,26)/b23-16+. The van der Waals surface area contributed by atoms with E-state index >= 15 is 0 Å². The fraction of sp³-hybridized carbons (Fsp3) is 0.286. The van der Waals surface area contributed by atoms with Crippen LogP contribution >= 0.6 is 0 Å². The van der Waals surface area contributed by atoms with Gasteiger partial charge >= 0.3 is 0 Å². The van der Waals surface area contributed by atoms with Crippen LogP contribution in [0.25, 0.3) is 0 Å². The summed E-state index contributed by atoms with van der Waals surface area (Å²) in [5.41, 5.74) is 4.80. The second-order valence-electron chi connectivity index (χ2n) is 6.24. The average Bonchev–Trinajstić information content (AvgIpc) is 2.70. The first-order valence-electron chi connectivity index (χ1n) is 8.88. The van der Waals surface area contributed by atoms with Crippen molar-refractivity contribution >= 4 is 17.5 Å². The summed E-state index contributed by atoms with van der Waals surface area (Å²) in [6.07, 6.45) is 0.0923. The van der Waals surface area contributed by atoms with Gasteiger partial charge in [0.05, 0.1) is 13.5 Å². The lowest BCUT2D eigenvalue weighted by Crippen LogP contribution is -2.28. The number of aryl methyl sites for hydroxylation is 1. The number of amides is 2. The Morgan fingerprint density at radius 1 is 1.04 bits per heavy atom. The van der Waals surface area contributed by atoms with Gasteiger partial charge in [-0.1, -0.05) is 30.3 Å². The fourth-order valence-corrected chi connectivity index (χ4v) is 2.33. The van der Waals surface area contributed by atoms with Crippen molar-refractivity contribution in [2.75, 3.05) is 13.7 Å². The summed E-state index contributed by atoms with van der Waals surface area (Å²) >= 11 is 0. The van der Waals surface area contributed by atoms with Gasteiger partial charge in [-0.05, 0) is 43.2 Å². The zero-order valence-corrected chi connectivity index (χ0v) is 16.3. The molecule has 7 heteroatoms. The Morgan fingerprint density at radius 3 is 2.43 bits per heavy atom. The quantitative estimate of drug-likeness (QED) is 0.515. The molecule has 2 aromatic carbocycles. The smallest absolute Gasteiger partial charge is 0.277 e. The summed E-state index contributed by atoms with van der Waals surface area (Å²) in [5, 5.41) is 6.75. The highest BCUT2D eigenvalue weighted by Gasteiger charge is 2.06. The number of hydrogen-bond acceptors (Lipinski definition) is 5. The molecule has 0 radical (unpaired) electrons. The molecule has 148 valence electrons. The number of para-hydroxylation sites is 1. The molecule has 0 spiro atoms. The van der Waals surface area contributed by atoms with Crippen molar-refractivity contribution in [3.8, 4) is 11.5 Å². The van der Waals surface area contributed by atoms with Gasteiger partial charge in [0.2, 0.25) is 5.91 Å². The molecule has 0 fully saturated rings. The van der Waals surface area contributed by atoms with Crippen LogP contribution < -0.4 is 20.2 Å². The molecule has 28 heavy (non-hydrogen) atoms. The molecule has 2 rings (SSSR count). The van der Waals surface area contributed by atoms with E-state index in [0.717, 1.165) is 16.9 Å². The lowest BCUT2D eigenvalue weighted by molar-refractivity contribution is -0.123. The number of hydrogen-bond donors (Lipinski definition) is 2. The number of ether oxygens (including phenoxy) is 2. The summed E-state index contributed by atoms with van der Waals surface area (Å²) in [7, 11) is 1.60. The maximum Gasteiger partial charge on any atom is 0.277 e. The predicted molar refractivity (Wildman–Crippen MR) is 107 cm³/mol. The SMILES string of the molecule is COc1ccc(CNC(=O)C/C(C)=N/NC(=O)COc2ccccc2C)cc1. The minimum absolute atomic E-state index is 0.0923. The van der Waals surface area contributed by atoms with Crippen LogP contribution in [0.3, 0.4) is 0 Å². The lowest BCUT2D eigenvalue weighted by atomic mass is 10.2. The van der Waals surface area contributed by atoms with Gasteiger partial charge in [0.1, 0.15) is 11.5 Å². The highest BCUT2D eigenvalue weighted by molar-refractivity contribution is 6.00. The van der Waals surface area contributed by atoms with Crippen LogP contribution in [0.2, 0.25) is 0 Å². The van der Waals surface area contributed by atoms with Crippen molar-refractivity contribution in [1.82, 2.24) is 10.7 Å². The van der Waals surface area contributed by atoms with Gasteiger partial charge in [0, 0.05) is 12.3 Å². The van der Waals surface area contributed by atoms with Gasteiger partial charge < -0.3 is 14.8 Å². The molecule has 0 atom stereocenters. The topological polar surface area (TPSA) is 89.0 Å². The van der Waals surface area contributed by atoms with Gasteiger partial charge in [-0.3, -0.25) is 9.59 Å². The monoisotopic (exact) mass is 383 g/mol. The highest BCUT2D eigenvalue weighted by Crippen LogP contribution is 2.15. The van der Waals surface area contributed by atoms with Crippen molar-refractivity contribution in [1.29, 1.82) is 0 Å². The number of carbonyl (C=O) groups excluding carboxylic acids is 2. The number of methoxy groups -OCH3 is 1. The molecule has 0 heterocycles. The molecule has 0 aliphatic rings. The molecule has 7 nitrogen and oxygen atoms in total. The van der Waals surface area contributed by atoms with Crippen LogP contribution in [0, 0.1) is 6.92 Å². The minimum atomic E-state index is -0.388. The van der Waals surface area contributed by atoms with Gasteiger partial charge in [0.25, 0.3) is 5.91 Å². The Morgan fingerprint density at radius 2 is 1.75 bits per heavy atom. The Bertz CT molecular complexity index is 832. The van der Waals surface area contributed by atoms with Crippen LogP contribution in [0.4, 0.5) is 0 Å². The molecular weight excluding hydrogens is 358 g/mol. The molecule has 0 aliphatic carbocycles. The number of benzene rings is 2. The number of carbonyl (C=O) groups is 2. The largest absolute Gasteiger partial charge is 0.497 e. The van der Waals surface area contributed by atoms with E-state index in [1.54, 1.807) is 20.1 Å². The third-order valence-corrected chi connectivity index (χ3v) is 3.89. The summed E-state index contributed by atoms with van der Waals surface area (Å²) in [6.45, 7) is 3.84. The molecule has 0 bridgehead atoms. The Hall–Kier alpha value is -3.35. The second-order valence-corrected chi connectivity index (χ2v) is 6.24. The van der Waals surface area contributed by atoms with Gasteiger partial charge in [-0.25, -0.2) is 5.43 Å². The summed E-state index contributed by atoms with van der Waals surface area (Å²) in [5.74, 6) is 0.847. The Labute approximate surface area is 164 Å². The molecule has 0 aliphatic heterocycles. The van der Waals surface area contributed by atoms with Crippen LogP contribution in [-0.2, 0) is 16.1 Å². The summed E-state index contributed by atoms with van der Waals surface area (Å²) in [4.78, 5) is 23.8. The van der Waals surface area contributed by atoms with Crippen LogP contribution in [0.5, 0.6) is 11.5 Å². The van der Waals surface area contributed by atoms with Crippen LogP contribution in [-0.4, -0.2) is 31.2 Å². The number of nitrogens with zero attached hydrogens (tertiary/aromatic N) is 1. The molecular formula is C21H25N3O4. The van der Waals surface area contributed by atoms with E-state index in [2.05, 4.69) is 15.8 Å². The first-order valence-corrected chi connectivity index (χ1v) is 8.88. The van der Waals surface area contributed by atoms with Gasteiger partial charge in [-0.2, -0.15) is 5.10 Å². The van der Waals surface area contributed by atoms with Crippen molar-refractivity contribution in [3.05, 3.63) is 59.7 Å². The lowest BCUT2D eigenvalue weighted by Gasteiger charge is -2.08. The minimum Gasteiger partial charge on any atom is -0.497 e. The van der Waals surface area contributed by atoms with E-state index < -0.39 is 0 Å². The van der Waals surface area contributed by atoms with Gasteiger partial charge in [0.15, 0.2) is 6.61 Å². The Kier molecular flexibility index (Phi) is 8.02. The molecule has 0 saturated heterocycles. The van der Waals surface area contributed by atoms with E-state index in [-0.39, 0.29) is 24.8 Å². The molecule has 0 unspecified atom stereocenters. The molecule has 2 amide bonds. The van der Waals surface area contributed by atoms with E-state index in [1.165, 1.54) is 0 Å². The van der Waals surface area contributed by atoms with Crippen molar-refractivity contribution < 1.29 is 19.1 Å². The zero-order valence-electron chi connectivity index (χ0n) is 16.3. The first-order chi connectivity index (χ1) is 13.5. The number of rotatable bonds is 9. The number of hydrazone groups is 1. The molecule has 2 aromatic rings. The van der Waals surface area contributed by atoms with Gasteiger partial charge in [-0.15, -0.1) is 0 Å². The molecule has 0 aromatic heterocycles. The zero-order chi connectivity index (χ0) is 20.4. The molecule has 0 saturated carbocycles. The first kappa shape index (κ1) is 21.0. The van der Waals surface area contributed by atoms with Crippen LogP contribution in [0.1, 0.15) is 24.5 Å². The van der Waals surface area contributed by atoms with E-state index in [0.29, 0.717) is 18.0 Å². The third kappa shape index (κ3) is 7.11. The highest BCUT2D eigenvalue weighted by atomic mass is 16.5. The summed E-state index contributed by atoms with van der Waals surface area (Å²) < 4.78 is 10.5. The maximum atomic E-state index is 12.0.